The molecule has 1 fully saturated rings. The fraction of sp³-hybridized carbons (Fsp3) is 0.357. The third-order valence-electron chi connectivity index (χ3n) is 3.29. The Morgan fingerprint density at radius 1 is 1.21 bits per heavy atom. The van der Waals surface area contributed by atoms with E-state index in [1.54, 1.807) is 0 Å². The molecule has 1 amide bonds. The third-order valence-corrected chi connectivity index (χ3v) is 5.75. The predicted octanol–water partition coefficient (Wildman–Crippen LogP) is 3.33. The fourth-order valence-corrected chi connectivity index (χ4v) is 4.33. The normalized spacial score (nSPS) is 22.8. The van der Waals surface area contributed by atoms with E-state index in [2.05, 4.69) is 33.6 Å². The molecule has 3 rings (SSSR count). The van der Waals surface area contributed by atoms with Gasteiger partial charge in [0.25, 0.3) is 0 Å². The van der Waals surface area contributed by atoms with Crippen LogP contribution in [0.3, 0.4) is 0 Å². The molecule has 1 aromatic carbocycles. The zero-order chi connectivity index (χ0) is 13.1. The van der Waals surface area contributed by atoms with Crippen molar-refractivity contribution in [3.05, 3.63) is 40.6 Å². The standard InChI is InChI=1S/C14H16N2OS2/c17-13(12-2-1-7-15-12)16-11-5-3-10(4-6-11)14-18-8-9-19-14/h3-6,8-9,12,14-15H,1-2,7H2,(H,16,17)/t12-/m0/s1. The Morgan fingerprint density at radius 2 is 1.95 bits per heavy atom. The number of amides is 1. The molecular formula is C14H16N2OS2. The predicted molar refractivity (Wildman–Crippen MR) is 83.2 cm³/mol. The Bertz CT molecular complexity index is 473. The number of carbonyl (C=O) groups excluding carboxylic acids is 1. The molecule has 2 aliphatic heterocycles. The van der Waals surface area contributed by atoms with Gasteiger partial charge in [0, 0.05) is 5.69 Å². The van der Waals surface area contributed by atoms with Crippen molar-refractivity contribution in [1.29, 1.82) is 0 Å². The highest BCUT2D eigenvalue weighted by Gasteiger charge is 2.22. The van der Waals surface area contributed by atoms with Gasteiger partial charge in [-0.25, -0.2) is 0 Å². The summed E-state index contributed by atoms with van der Waals surface area (Å²) < 4.78 is 0.459. The summed E-state index contributed by atoms with van der Waals surface area (Å²) in [5.41, 5.74) is 2.17. The Morgan fingerprint density at radius 3 is 2.58 bits per heavy atom. The molecule has 2 N–H and O–H groups in total. The first-order valence-electron chi connectivity index (χ1n) is 6.43. The average molecular weight is 292 g/mol. The number of nitrogens with one attached hydrogen (secondary N) is 2. The van der Waals surface area contributed by atoms with Crippen LogP contribution in [0.25, 0.3) is 0 Å². The lowest BCUT2D eigenvalue weighted by Gasteiger charge is -2.12. The number of hydrogen-bond acceptors (Lipinski definition) is 4. The first kappa shape index (κ1) is 13.1. The summed E-state index contributed by atoms with van der Waals surface area (Å²) in [6.45, 7) is 0.945. The molecule has 100 valence electrons. The minimum Gasteiger partial charge on any atom is -0.325 e. The van der Waals surface area contributed by atoms with Gasteiger partial charge in [-0.2, -0.15) is 0 Å². The molecule has 0 unspecified atom stereocenters. The highest BCUT2D eigenvalue weighted by Crippen LogP contribution is 2.46. The molecule has 0 aliphatic carbocycles. The van der Waals surface area contributed by atoms with E-state index < -0.39 is 0 Å². The van der Waals surface area contributed by atoms with Crippen molar-refractivity contribution >= 4 is 35.1 Å². The Labute approximate surface area is 121 Å². The highest BCUT2D eigenvalue weighted by atomic mass is 32.2. The summed E-state index contributed by atoms with van der Waals surface area (Å²) in [6.07, 6.45) is 2.02. The summed E-state index contributed by atoms with van der Waals surface area (Å²) in [6, 6.07) is 8.14. The molecule has 2 aliphatic rings. The van der Waals surface area contributed by atoms with Gasteiger partial charge >= 0.3 is 0 Å². The molecule has 0 bridgehead atoms. The number of benzene rings is 1. The maximum absolute atomic E-state index is 12.0. The average Bonchev–Trinajstić information content (AvgIpc) is 3.13. The lowest BCUT2D eigenvalue weighted by atomic mass is 10.2. The van der Waals surface area contributed by atoms with E-state index in [1.807, 2.05) is 35.7 Å². The van der Waals surface area contributed by atoms with Gasteiger partial charge in [-0.05, 0) is 47.9 Å². The fourth-order valence-electron chi connectivity index (χ4n) is 2.26. The molecule has 0 spiro atoms. The van der Waals surface area contributed by atoms with Gasteiger partial charge in [0.1, 0.15) is 0 Å². The van der Waals surface area contributed by atoms with Crippen LogP contribution in [-0.4, -0.2) is 18.5 Å². The minimum atomic E-state index is -0.0233. The second kappa shape index (κ2) is 6.03. The van der Waals surface area contributed by atoms with Gasteiger partial charge in [0.2, 0.25) is 5.91 Å². The number of rotatable bonds is 3. The van der Waals surface area contributed by atoms with E-state index in [1.165, 1.54) is 5.56 Å². The summed E-state index contributed by atoms with van der Waals surface area (Å²) in [7, 11) is 0. The largest absolute Gasteiger partial charge is 0.325 e. The lowest BCUT2D eigenvalue weighted by molar-refractivity contribution is -0.117. The maximum Gasteiger partial charge on any atom is 0.241 e. The second-order valence-corrected chi connectivity index (χ2v) is 6.97. The van der Waals surface area contributed by atoms with Crippen LogP contribution in [0, 0.1) is 0 Å². The van der Waals surface area contributed by atoms with E-state index in [0.29, 0.717) is 4.58 Å². The number of hydrogen-bond donors (Lipinski definition) is 2. The van der Waals surface area contributed by atoms with E-state index in [-0.39, 0.29) is 11.9 Å². The van der Waals surface area contributed by atoms with E-state index in [0.717, 1.165) is 25.1 Å². The molecule has 1 atom stereocenters. The van der Waals surface area contributed by atoms with Crippen molar-refractivity contribution in [3.63, 3.8) is 0 Å². The van der Waals surface area contributed by atoms with Crippen LogP contribution >= 0.6 is 23.5 Å². The molecule has 0 saturated carbocycles. The molecular weight excluding hydrogens is 276 g/mol. The number of thioether (sulfide) groups is 2. The quantitative estimate of drug-likeness (QED) is 0.896. The minimum absolute atomic E-state index is 0.0233. The van der Waals surface area contributed by atoms with Crippen LogP contribution in [0.1, 0.15) is 23.0 Å². The van der Waals surface area contributed by atoms with E-state index in [9.17, 15) is 4.79 Å². The van der Waals surface area contributed by atoms with Crippen molar-refractivity contribution in [2.45, 2.75) is 23.5 Å². The Kier molecular flexibility index (Phi) is 4.15. The maximum atomic E-state index is 12.0. The molecule has 0 radical (unpaired) electrons. The topological polar surface area (TPSA) is 41.1 Å². The highest BCUT2D eigenvalue weighted by molar-refractivity contribution is 8.21. The number of carbonyl (C=O) groups is 1. The van der Waals surface area contributed by atoms with Crippen molar-refractivity contribution in [3.8, 4) is 0 Å². The third kappa shape index (κ3) is 3.16. The first-order valence-corrected chi connectivity index (χ1v) is 8.32. The van der Waals surface area contributed by atoms with Crippen LogP contribution in [0.5, 0.6) is 0 Å². The SMILES string of the molecule is O=C(Nc1ccc(C2SC=CS2)cc1)[C@@H]1CCCN1. The second-order valence-electron chi connectivity index (χ2n) is 4.64. The van der Waals surface area contributed by atoms with Gasteiger partial charge in [0.05, 0.1) is 10.6 Å². The summed E-state index contributed by atoms with van der Waals surface area (Å²) in [5, 5.41) is 10.4. The van der Waals surface area contributed by atoms with Gasteiger partial charge in [-0.3, -0.25) is 4.79 Å². The molecule has 2 heterocycles. The molecule has 5 heteroatoms. The van der Waals surface area contributed by atoms with Crippen LogP contribution < -0.4 is 10.6 Å². The lowest BCUT2D eigenvalue weighted by Crippen LogP contribution is -2.35. The summed E-state index contributed by atoms with van der Waals surface area (Å²) >= 11 is 3.64. The van der Waals surface area contributed by atoms with Gasteiger partial charge in [-0.15, -0.1) is 23.5 Å². The molecule has 1 saturated heterocycles. The zero-order valence-electron chi connectivity index (χ0n) is 10.5. The van der Waals surface area contributed by atoms with Gasteiger partial charge in [0.15, 0.2) is 0 Å². The van der Waals surface area contributed by atoms with E-state index in [4.69, 9.17) is 0 Å². The monoisotopic (exact) mass is 292 g/mol. The molecule has 0 aromatic heterocycles. The smallest absolute Gasteiger partial charge is 0.241 e. The van der Waals surface area contributed by atoms with Crippen molar-refractivity contribution in [1.82, 2.24) is 5.32 Å². The van der Waals surface area contributed by atoms with Gasteiger partial charge in [-0.1, -0.05) is 12.1 Å². The van der Waals surface area contributed by atoms with E-state index >= 15 is 0 Å². The van der Waals surface area contributed by atoms with Crippen LogP contribution in [0.2, 0.25) is 0 Å². The zero-order valence-corrected chi connectivity index (χ0v) is 12.1. The van der Waals surface area contributed by atoms with Crippen LogP contribution in [0.15, 0.2) is 35.1 Å². The van der Waals surface area contributed by atoms with Crippen molar-refractivity contribution in [2.24, 2.45) is 0 Å². The molecule has 19 heavy (non-hydrogen) atoms. The van der Waals surface area contributed by atoms with Crippen molar-refractivity contribution < 1.29 is 4.79 Å². The Balaban J connectivity index is 1.60. The van der Waals surface area contributed by atoms with Crippen molar-refractivity contribution in [2.75, 3.05) is 11.9 Å². The summed E-state index contributed by atoms with van der Waals surface area (Å²) in [5.74, 6) is 0.0801. The first-order chi connectivity index (χ1) is 9.33. The van der Waals surface area contributed by atoms with Crippen LogP contribution in [-0.2, 0) is 4.79 Å². The molecule has 1 aromatic rings. The summed E-state index contributed by atoms with van der Waals surface area (Å²) in [4.78, 5) is 12.0. The molecule has 3 nitrogen and oxygen atoms in total. The van der Waals surface area contributed by atoms with Crippen LogP contribution in [0.4, 0.5) is 5.69 Å². The number of anilines is 1. The van der Waals surface area contributed by atoms with Gasteiger partial charge < -0.3 is 10.6 Å². The Hall–Kier alpha value is -0.910.